The van der Waals surface area contributed by atoms with Gasteiger partial charge >= 0.3 is 0 Å². The summed E-state index contributed by atoms with van der Waals surface area (Å²) in [4.78, 5) is 8.73. The smallest absolute Gasteiger partial charge is 0.133 e. The average molecular weight is 274 g/mol. The van der Waals surface area contributed by atoms with Crippen LogP contribution in [0.2, 0.25) is 5.02 Å². The Morgan fingerprint density at radius 1 is 1.16 bits per heavy atom. The third-order valence-corrected chi connectivity index (χ3v) is 3.85. The van der Waals surface area contributed by atoms with Crippen LogP contribution in [0.1, 0.15) is 36.2 Å². The molecule has 1 aromatic carbocycles. The number of rotatable bonds is 3. The molecule has 0 amide bonds. The van der Waals surface area contributed by atoms with Crippen molar-refractivity contribution in [3.63, 3.8) is 0 Å². The number of benzene rings is 1. The molecule has 0 saturated carbocycles. The van der Waals surface area contributed by atoms with Crippen LogP contribution >= 0.6 is 11.6 Å². The zero-order valence-electron chi connectivity index (χ0n) is 10.9. The van der Waals surface area contributed by atoms with Crippen LogP contribution in [0.4, 0.5) is 5.82 Å². The molecule has 2 aromatic rings. The van der Waals surface area contributed by atoms with Crippen molar-refractivity contribution in [2.45, 2.75) is 32.2 Å². The fourth-order valence-electron chi connectivity index (χ4n) is 2.52. The van der Waals surface area contributed by atoms with Gasteiger partial charge in [-0.25, -0.2) is 9.97 Å². The summed E-state index contributed by atoms with van der Waals surface area (Å²) in [7, 11) is 0. The molecule has 1 atom stereocenters. The Morgan fingerprint density at radius 3 is 2.74 bits per heavy atom. The first-order valence-electron chi connectivity index (χ1n) is 6.59. The Kier molecular flexibility index (Phi) is 3.38. The molecule has 3 rings (SSSR count). The number of fused-ring (bicyclic) bond motifs is 1. The van der Waals surface area contributed by atoms with E-state index in [4.69, 9.17) is 11.6 Å². The van der Waals surface area contributed by atoms with E-state index in [-0.39, 0.29) is 6.04 Å². The maximum Gasteiger partial charge on any atom is 0.133 e. The Balaban J connectivity index is 1.82. The van der Waals surface area contributed by atoms with Crippen molar-refractivity contribution in [1.82, 2.24) is 9.97 Å². The summed E-state index contributed by atoms with van der Waals surface area (Å²) in [6, 6.07) is 8.12. The normalized spacial score (nSPS) is 15.1. The number of nitrogens with one attached hydrogen (secondary N) is 1. The number of halogens is 1. The molecule has 1 unspecified atom stereocenters. The molecule has 4 heteroatoms. The van der Waals surface area contributed by atoms with E-state index >= 15 is 0 Å². The van der Waals surface area contributed by atoms with Gasteiger partial charge in [-0.1, -0.05) is 23.7 Å². The zero-order chi connectivity index (χ0) is 13.2. The fraction of sp³-hybridized carbons (Fsp3) is 0.333. The minimum absolute atomic E-state index is 0.205. The first-order valence-corrected chi connectivity index (χ1v) is 6.96. The first-order chi connectivity index (χ1) is 9.24. The van der Waals surface area contributed by atoms with Gasteiger partial charge in [0.05, 0.1) is 0 Å². The second-order valence-corrected chi connectivity index (χ2v) is 5.36. The summed E-state index contributed by atoms with van der Waals surface area (Å²) in [5.74, 6) is 0.977. The minimum atomic E-state index is 0.205. The van der Waals surface area contributed by atoms with E-state index in [0.29, 0.717) is 0 Å². The molecule has 0 bridgehead atoms. The van der Waals surface area contributed by atoms with Crippen LogP contribution in [0, 0.1) is 0 Å². The Labute approximate surface area is 118 Å². The van der Waals surface area contributed by atoms with E-state index in [0.717, 1.165) is 23.7 Å². The summed E-state index contributed by atoms with van der Waals surface area (Å²) < 4.78 is 0. The van der Waals surface area contributed by atoms with Crippen LogP contribution in [0.25, 0.3) is 0 Å². The van der Waals surface area contributed by atoms with E-state index in [1.165, 1.54) is 23.2 Å². The maximum atomic E-state index is 5.91. The van der Waals surface area contributed by atoms with Crippen LogP contribution in [0.15, 0.2) is 30.6 Å². The SMILES string of the molecule is CC(Nc1ncnc2c1CCC2)c1ccc(Cl)cc1. The number of aryl methyl sites for hydroxylation is 1. The standard InChI is InChI=1S/C15H16ClN3/c1-10(11-5-7-12(16)8-6-11)19-15-13-3-2-4-14(13)17-9-18-15/h5-10H,2-4H2,1H3,(H,17,18,19). The van der Waals surface area contributed by atoms with Gasteiger partial charge in [0, 0.05) is 22.3 Å². The predicted octanol–water partition coefficient (Wildman–Crippen LogP) is 3.79. The number of anilines is 1. The highest BCUT2D eigenvalue weighted by molar-refractivity contribution is 6.30. The van der Waals surface area contributed by atoms with Gasteiger partial charge in [0.25, 0.3) is 0 Å². The number of aromatic nitrogens is 2. The molecule has 1 heterocycles. The first kappa shape index (κ1) is 12.4. The molecule has 0 aliphatic heterocycles. The van der Waals surface area contributed by atoms with E-state index in [2.05, 4.69) is 22.2 Å². The highest BCUT2D eigenvalue weighted by atomic mass is 35.5. The molecule has 3 nitrogen and oxygen atoms in total. The Morgan fingerprint density at radius 2 is 1.95 bits per heavy atom. The topological polar surface area (TPSA) is 37.8 Å². The van der Waals surface area contributed by atoms with E-state index in [1.807, 2.05) is 24.3 Å². The predicted molar refractivity (Wildman–Crippen MR) is 77.5 cm³/mol. The molecule has 1 aliphatic carbocycles. The van der Waals surface area contributed by atoms with Gasteiger partial charge in [0.2, 0.25) is 0 Å². The summed E-state index contributed by atoms with van der Waals surface area (Å²) in [6.07, 6.45) is 4.98. The molecule has 0 radical (unpaired) electrons. The lowest BCUT2D eigenvalue weighted by atomic mass is 10.1. The molecule has 98 valence electrons. The maximum absolute atomic E-state index is 5.91. The largest absolute Gasteiger partial charge is 0.363 e. The van der Waals surface area contributed by atoms with Gasteiger partial charge in [0.15, 0.2) is 0 Å². The third kappa shape index (κ3) is 2.56. The number of hydrogen-bond donors (Lipinski definition) is 1. The van der Waals surface area contributed by atoms with Crippen molar-refractivity contribution >= 4 is 17.4 Å². The van der Waals surface area contributed by atoms with Crippen molar-refractivity contribution in [3.8, 4) is 0 Å². The van der Waals surface area contributed by atoms with Crippen LogP contribution in [0.3, 0.4) is 0 Å². The van der Waals surface area contributed by atoms with Crippen LogP contribution in [-0.4, -0.2) is 9.97 Å². The summed E-state index contributed by atoms with van der Waals surface area (Å²) in [5, 5.41) is 4.25. The number of hydrogen-bond acceptors (Lipinski definition) is 3. The second kappa shape index (κ2) is 5.17. The van der Waals surface area contributed by atoms with Crippen molar-refractivity contribution in [2.75, 3.05) is 5.32 Å². The second-order valence-electron chi connectivity index (χ2n) is 4.92. The summed E-state index contributed by atoms with van der Waals surface area (Å²) in [6.45, 7) is 2.13. The molecule has 1 N–H and O–H groups in total. The van der Waals surface area contributed by atoms with Gasteiger partial charge in [0.1, 0.15) is 12.1 Å². The van der Waals surface area contributed by atoms with E-state index < -0.39 is 0 Å². The molecule has 0 spiro atoms. The van der Waals surface area contributed by atoms with Crippen LogP contribution in [0.5, 0.6) is 0 Å². The average Bonchev–Trinajstić information content (AvgIpc) is 2.89. The third-order valence-electron chi connectivity index (χ3n) is 3.60. The van der Waals surface area contributed by atoms with Gasteiger partial charge in [-0.15, -0.1) is 0 Å². The van der Waals surface area contributed by atoms with Gasteiger partial charge in [-0.2, -0.15) is 0 Å². The lowest BCUT2D eigenvalue weighted by Gasteiger charge is -2.17. The van der Waals surface area contributed by atoms with E-state index in [9.17, 15) is 0 Å². The molecule has 0 fully saturated rings. The molecular weight excluding hydrogens is 258 g/mol. The molecule has 1 aliphatic rings. The van der Waals surface area contributed by atoms with Gasteiger partial charge in [-0.05, 0) is 43.9 Å². The van der Waals surface area contributed by atoms with Gasteiger partial charge in [-0.3, -0.25) is 0 Å². The summed E-state index contributed by atoms with van der Waals surface area (Å²) in [5.41, 5.74) is 3.68. The Hall–Kier alpha value is -1.61. The lowest BCUT2D eigenvalue weighted by molar-refractivity contribution is 0.863. The molecule has 1 aromatic heterocycles. The monoisotopic (exact) mass is 273 g/mol. The highest BCUT2D eigenvalue weighted by Crippen LogP contribution is 2.28. The Bertz CT molecular complexity index is 580. The van der Waals surface area contributed by atoms with Crippen molar-refractivity contribution in [2.24, 2.45) is 0 Å². The fourth-order valence-corrected chi connectivity index (χ4v) is 2.65. The van der Waals surface area contributed by atoms with Crippen molar-refractivity contribution in [1.29, 1.82) is 0 Å². The molecule has 0 saturated heterocycles. The molecular formula is C15H16ClN3. The zero-order valence-corrected chi connectivity index (χ0v) is 11.6. The molecule has 19 heavy (non-hydrogen) atoms. The lowest BCUT2D eigenvalue weighted by Crippen LogP contribution is -2.10. The highest BCUT2D eigenvalue weighted by Gasteiger charge is 2.18. The van der Waals surface area contributed by atoms with Crippen molar-refractivity contribution < 1.29 is 0 Å². The van der Waals surface area contributed by atoms with Crippen LogP contribution in [-0.2, 0) is 12.8 Å². The quantitative estimate of drug-likeness (QED) is 0.924. The van der Waals surface area contributed by atoms with E-state index in [1.54, 1.807) is 6.33 Å². The summed E-state index contributed by atoms with van der Waals surface area (Å²) >= 11 is 5.91. The van der Waals surface area contributed by atoms with Crippen LogP contribution < -0.4 is 5.32 Å². The van der Waals surface area contributed by atoms with Gasteiger partial charge < -0.3 is 5.32 Å². The van der Waals surface area contributed by atoms with Crippen molar-refractivity contribution in [3.05, 3.63) is 52.4 Å². The number of nitrogens with zero attached hydrogens (tertiary/aromatic N) is 2. The minimum Gasteiger partial charge on any atom is -0.363 e.